The van der Waals surface area contributed by atoms with E-state index in [0.29, 0.717) is 53.8 Å². The van der Waals surface area contributed by atoms with Crippen LogP contribution in [0.3, 0.4) is 0 Å². The number of carbonyl (C=O) groups is 2. The first-order valence-electron chi connectivity index (χ1n) is 12.0. The lowest BCUT2D eigenvalue weighted by Crippen LogP contribution is -2.44. The van der Waals surface area contributed by atoms with Crippen molar-refractivity contribution in [3.8, 4) is 22.9 Å². The number of nitrogens with one attached hydrogen (secondary N) is 2. The average molecular weight is 510 g/mol. The molecular formula is C26H28ClN5O4. The maximum Gasteiger partial charge on any atom is 0.274 e. The fraction of sp³-hybridized carbons (Fsp3) is 0.385. The van der Waals surface area contributed by atoms with E-state index in [2.05, 4.69) is 20.5 Å². The Kier molecular flexibility index (Phi) is 6.82. The Balaban J connectivity index is 1.20. The number of hydrogen-bond acceptors (Lipinski definition) is 6. The molecule has 1 saturated heterocycles. The molecule has 2 aliphatic rings. The fourth-order valence-electron chi connectivity index (χ4n) is 4.84. The highest BCUT2D eigenvalue weighted by molar-refractivity contribution is 6.33. The lowest BCUT2D eigenvalue weighted by molar-refractivity contribution is -0.127. The van der Waals surface area contributed by atoms with E-state index in [-0.39, 0.29) is 29.9 Å². The molecule has 3 aromatic rings. The molecule has 2 amide bonds. The molecule has 0 radical (unpaired) electrons. The molecule has 2 aliphatic heterocycles. The summed E-state index contributed by atoms with van der Waals surface area (Å²) in [6.07, 6.45) is 3.46. The molecule has 188 valence electrons. The third-order valence-electron chi connectivity index (χ3n) is 6.79. The summed E-state index contributed by atoms with van der Waals surface area (Å²) in [6, 6.07) is 11.1. The minimum absolute atomic E-state index is 0.0272. The second-order valence-electron chi connectivity index (χ2n) is 9.20. The van der Waals surface area contributed by atoms with Crippen LogP contribution in [0, 0.1) is 5.92 Å². The van der Waals surface area contributed by atoms with Gasteiger partial charge in [-0.15, -0.1) is 0 Å². The molecule has 4 heterocycles. The number of rotatable bonds is 5. The largest absolute Gasteiger partial charge is 0.490 e. The normalized spacial score (nSPS) is 19.8. The van der Waals surface area contributed by atoms with Crippen molar-refractivity contribution in [2.75, 3.05) is 20.2 Å². The number of aromatic nitrogens is 3. The Morgan fingerprint density at radius 2 is 2.00 bits per heavy atom. The van der Waals surface area contributed by atoms with E-state index in [1.54, 1.807) is 17.0 Å². The van der Waals surface area contributed by atoms with Crippen LogP contribution in [0.2, 0.25) is 5.02 Å². The highest BCUT2D eigenvalue weighted by atomic mass is 35.5. The van der Waals surface area contributed by atoms with Crippen LogP contribution in [0.5, 0.6) is 11.6 Å². The van der Waals surface area contributed by atoms with Crippen molar-refractivity contribution in [3.63, 3.8) is 0 Å². The molecule has 36 heavy (non-hydrogen) atoms. The molecule has 1 aromatic carbocycles. The highest BCUT2D eigenvalue weighted by Gasteiger charge is 2.32. The number of nitrogens with zero attached hydrogens (tertiary/aromatic N) is 3. The van der Waals surface area contributed by atoms with Gasteiger partial charge in [0, 0.05) is 42.6 Å². The lowest BCUT2D eigenvalue weighted by Gasteiger charge is -2.34. The number of benzene rings is 1. The van der Waals surface area contributed by atoms with Gasteiger partial charge < -0.3 is 19.7 Å². The number of H-pyrrole nitrogens is 1. The van der Waals surface area contributed by atoms with Crippen molar-refractivity contribution in [1.29, 1.82) is 0 Å². The summed E-state index contributed by atoms with van der Waals surface area (Å²) in [5.74, 6) is 0.944. The molecule has 5 rings (SSSR count). The molecule has 2 aromatic heterocycles. The summed E-state index contributed by atoms with van der Waals surface area (Å²) in [4.78, 5) is 32.0. The van der Waals surface area contributed by atoms with Gasteiger partial charge in [0.1, 0.15) is 5.75 Å². The van der Waals surface area contributed by atoms with Gasteiger partial charge in [-0.3, -0.25) is 14.7 Å². The van der Waals surface area contributed by atoms with Crippen molar-refractivity contribution < 1.29 is 19.1 Å². The minimum Gasteiger partial charge on any atom is -0.490 e. The van der Waals surface area contributed by atoms with Gasteiger partial charge in [0.25, 0.3) is 5.91 Å². The van der Waals surface area contributed by atoms with Crippen LogP contribution >= 0.6 is 11.6 Å². The van der Waals surface area contributed by atoms with Crippen LogP contribution in [0.1, 0.15) is 48.3 Å². The van der Waals surface area contributed by atoms with Gasteiger partial charge in [0.15, 0.2) is 5.69 Å². The molecule has 2 N–H and O–H groups in total. The van der Waals surface area contributed by atoms with Gasteiger partial charge >= 0.3 is 0 Å². The zero-order valence-corrected chi connectivity index (χ0v) is 20.9. The molecule has 0 unspecified atom stereocenters. The molecule has 0 aliphatic carbocycles. The Bertz CT molecular complexity index is 1270. The SMILES string of the molecule is COc1cc(-c2cc(C(=O)N3CCC(C(=O)N[C@@H]4C[C@@H](C)Oc5ccccc54)CC3)n[nH]2)c(Cl)cn1. The van der Waals surface area contributed by atoms with Gasteiger partial charge in [0.05, 0.1) is 36.2 Å². The summed E-state index contributed by atoms with van der Waals surface area (Å²) in [6.45, 7) is 2.99. The molecule has 0 bridgehead atoms. The highest BCUT2D eigenvalue weighted by Crippen LogP contribution is 2.35. The zero-order chi connectivity index (χ0) is 25.2. The number of amides is 2. The standard InChI is InChI=1S/C26H28ClN5O4/c1-15-11-20(17-5-3-4-6-23(17)36-15)29-25(33)16-7-9-32(10-8-16)26(34)22-13-21(30-31-22)18-12-24(35-2)28-14-19(18)27/h3-6,12-16,20H,7-11H2,1-2H3,(H,29,33)(H,30,31)/t15-,20-/m1/s1. The average Bonchev–Trinajstić information content (AvgIpc) is 3.38. The van der Waals surface area contributed by atoms with Crippen LogP contribution < -0.4 is 14.8 Å². The minimum atomic E-state index is -0.180. The Labute approximate surface area is 214 Å². The van der Waals surface area contributed by atoms with E-state index in [1.807, 2.05) is 31.2 Å². The smallest absolute Gasteiger partial charge is 0.274 e. The van der Waals surface area contributed by atoms with Crippen molar-refractivity contribution in [3.05, 3.63) is 58.9 Å². The number of fused-ring (bicyclic) bond motifs is 1. The Morgan fingerprint density at radius 1 is 1.22 bits per heavy atom. The fourth-order valence-corrected chi connectivity index (χ4v) is 5.04. The first-order valence-corrected chi connectivity index (χ1v) is 12.4. The first kappa shape index (κ1) is 24.1. The van der Waals surface area contributed by atoms with Gasteiger partial charge in [0.2, 0.25) is 11.8 Å². The zero-order valence-electron chi connectivity index (χ0n) is 20.2. The molecule has 1 fully saturated rings. The molecule has 9 nitrogen and oxygen atoms in total. The second-order valence-corrected chi connectivity index (χ2v) is 9.61. The summed E-state index contributed by atoms with van der Waals surface area (Å²) in [5, 5.41) is 10.7. The number of pyridine rings is 1. The lowest BCUT2D eigenvalue weighted by atomic mass is 9.93. The van der Waals surface area contributed by atoms with Crippen molar-refractivity contribution >= 4 is 23.4 Å². The summed E-state index contributed by atoms with van der Waals surface area (Å²) in [7, 11) is 1.52. The molecule has 0 spiro atoms. The van der Waals surface area contributed by atoms with Crippen molar-refractivity contribution in [2.24, 2.45) is 5.92 Å². The number of piperidine rings is 1. The summed E-state index contributed by atoms with van der Waals surface area (Å²) in [5.41, 5.74) is 2.56. The van der Waals surface area contributed by atoms with E-state index < -0.39 is 0 Å². The van der Waals surface area contributed by atoms with Crippen LogP contribution in [-0.4, -0.2) is 58.2 Å². The maximum atomic E-state index is 13.1. The van der Waals surface area contributed by atoms with E-state index >= 15 is 0 Å². The van der Waals surface area contributed by atoms with Gasteiger partial charge in [-0.2, -0.15) is 5.10 Å². The topological polar surface area (TPSA) is 109 Å². The van der Waals surface area contributed by atoms with Gasteiger partial charge in [-0.05, 0) is 31.9 Å². The van der Waals surface area contributed by atoms with E-state index in [0.717, 1.165) is 17.7 Å². The van der Waals surface area contributed by atoms with Crippen molar-refractivity contribution in [2.45, 2.75) is 38.3 Å². The first-order chi connectivity index (χ1) is 17.4. The predicted octanol–water partition coefficient (Wildman–Crippen LogP) is 4.01. The molecule has 2 atom stereocenters. The number of halogens is 1. The van der Waals surface area contributed by atoms with E-state index in [1.165, 1.54) is 13.3 Å². The number of likely N-dealkylation sites (tertiary alicyclic amines) is 1. The number of ether oxygens (including phenoxy) is 2. The van der Waals surface area contributed by atoms with E-state index in [9.17, 15) is 9.59 Å². The van der Waals surface area contributed by atoms with Crippen LogP contribution in [0.25, 0.3) is 11.3 Å². The third-order valence-corrected chi connectivity index (χ3v) is 7.09. The monoisotopic (exact) mass is 509 g/mol. The molecule has 10 heteroatoms. The predicted molar refractivity (Wildman–Crippen MR) is 134 cm³/mol. The number of hydrogen-bond donors (Lipinski definition) is 2. The second kappa shape index (κ2) is 10.2. The summed E-state index contributed by atoms with van der Waals surface area (Å²) < 4.78 is 11.1. The Morgan fingerprint density at radius 3 is 2.78 bits per heavy atom. The number of para-hydroxylation sites is 1. The van der Waals surface area contributed by atoms with Gasteiger partial charge in [-0.25, -0.2) is 4.98 Å². The van der Waals surface area contributed by atoms with Crippen molar-refractivity contribution in [1.82, 2.24) is 25.4 Å². The number of methoxy groups -OCH3 is 1. The van der Waals surface area contributed by atoms with E-state index in [4.69, 9.17) is 21.1 Å². The van der Waals surface area contributed by atoms with Gasteiger partial charge in [-0.1, -0.05) is 29.8 Å². The molecule has 0 saturated carbocycles. The van der Waals surface area contributed by atoms with Crippen LogP contribution in [0.4, 0.5) is 0 Å². The third kappa shape index (κ3) is 4.88. The maximum absolute atomic E-state index is 13.1. The summed E-state index contributed by atoms with van der Waals surface area (Å²) >= 11 is 6.27. The molecular weight excluding hydrogens is 482 g/mol. The van der Waals surface area contributed by atoms with Crippen LogP contribution in [0.15, 0.2) is 42.6 Å². The number of aromatic amines is 1. The quantitative estimate of drug-likeness (QED) is 0.537. The number of carbonyl (C=O) groups excluding carboxylic acids is 2. The Hall–Kier alpha value is -3.59. The van der Waals surface area contributed by atoms with Crippen LogP contribution in [-0.2, 0) is 4.79 Å².